The summed E-state index contributed by atoms with van der Waals surface area (Å²) in [6.07, 6.45) is 0. The van der Waals surface area contributed by atoms with Crippen molar-refractivity contribution in [3.63, 3.8) is 0 Å². The van der Waals surface area contributed by atoms with Crippen molar-refractivity contribution in [2.75, 3.05) is 12.8 Å². The number of nitrogen functional groups attached to an aromatic ring is 1. The number of nitrogens with zero attached hydrogens (tertiary/aromatic N) is 2. The molecule has 0 fully saturated rings. The lowest BCUT2D eigenvalue weighted by molar-refractivity contribution is -0.141. The van der Waals surface area contributed by atoms with E-state index in [-0.39, 0.29) is 12.5 Å². The lowest BCUT2D eigenvalue weighted by Crippen LogP contribution is -2.13. The lowest BCUT2D eigenvalue weighted by Gasteiger charge is -2.04. The summed E-state index contributed by atoms with van der Waals surface area (Å²) in [4.78, 5) is 15.4. The fourth-order valence-electron chi connectivity index (χ4n) is 1.61. The van der Waals surface area contributed by atoms with Crippen LogP contribution in [0, 0.1) is 6.92 Å². The largest absolute Gasteiger partial charge is 0.468 e. The summed E-state index contributed by atoms with van der Waals surface area (Å²) in [5.74, 6) is -0.0153. The van der Waals surface area contributed by atoms with Gasteiger partial charge in [0, 0.05) is 0 Å². The predicted octanol–water partition coefficient (Wildman–Crippen LogP) is 1.10. The van der Waals surface area contributed by atoms with Gasteiger partial charge in [-0.1, -0.05) is 6.07 Å². The Labute approximate surface area is 92.8 Å². The third-order valence-electron chi connectivity index (χ3n) is 2.45. The van der Waals surface area contributed by atoms with E-state index in [2.05, 4.69) is 9.72 Å². The number of imidazole rings is 1. The van der Waals surface area contributed by atoms with Crippen molar-refractivity contribution in [1.29, 1.82) is 0 Å². The molecular weight excluding hydrogens is 206 g/mol. The summed E-state index contributed by atoms with van der Waals surface area (Å²) >= 11 is 0. The van der Waals surface area contributed by atoms with Crippen molar-refractivity contribution >= 4 is 23.0 Å². The second-order valence-corrected chi connectivity index (χ2v) is 3.62. The highest BCUT2D eigenvalue weighted by atomic mass is 16.5. The zero-order chi connectivity index (χ0) is 11.7. The molecular formula is C11H13N3O2. The molecule has 84 valence electrons. The summed E-state index contributed by atoms with van der Waals surface area (Å²) in [5.41, 5.74) is 8.48. The van der Waals surface area contributed by atoms with E-state index in [0.29, 0.717) is 5.95 Å². The predicted molar refractivity (Wildman–Crippen MR) is 60.9 cm³/mol. The van der Waals surface area contributed by atoms with Crippen LogP contribution in [-0.2, 0) is 16.1 Å². The maximum Gasteiger partial charge on any atom is 0.325 e. The van der Waals surface area contributed by atoms with Crippen molar-refractivity contribution in [3.8, 4) is 0 Å². The Balaban J connectivity index is 2.54. The van der Waals surface area contributed by atoms with E-state index < -0.39 is 0 Å². The van der Waals surface area contributed by atoms with Gasteiger partial charge in [-0.3, -0.25) is 9.36 Å². The molecule has 0 saturated heterocycles. The quantitative estimate of drug-likeness (QED) is 0.768. The molecule has 0 aliphatic heterocycles. The van der Waals surface area contributed by atoms with E-state index >= 15 is 0 Å². The fraction of sp³-hybridized carbons (Fsp3) is 0.273. The van der Waals surface area contributed by atoms with Crippen LogP contribution in [0.25, 0.3) is 11.0 Å². The van der Waals surface area contributed by atoms with Gasteiger partial charge in [-0.15, -0.1) is 0 Å². The molecule has 0 amide bonds. The van der Waals surface area contributed by atoms with Crippen molar-refractivity contribution < 1.29 is 9.53 Å². The van der Waals surface area contributed by atoms with E-state index in [0.717, 1.165) is 16.6 Å². The first-order valence-corrected chi connectivity index (χ1v) is 4.91. The minimum Gasteiger partial charge on any atom is -0.468 e. The van der Waals surface area contributed by atoms with Gasteiger partial charge in [0.1, 0.15) is 6.54 Å². The van der Waals surface area contributed by atoms with E-state index in [9.17, 15) is 4.79 Å². The zero-order valence-electron chi connectivity index (χ0n) is 9.23. The Kier molecular flexibility index (Phi) is 2.52. The van der Waals surface area contributed by atoms with Crippen LogP contribution >= 0.6 is 0 Å². The Morgan fingerprint density at radius 1 is 1.56 bits per heavy atom. The molecule has 0 atom stereocenters. The number of carbonyl (C=O) groups excluding carboxylic acids is 1. The van der Waals surface area contributed by atoms with Crippen LogP contribution in [0.3, 0.4) is 0 Å². The number of benzene rings is 1. The molecule has 0 spiro atoms. The Bertz CT molecular complexity index is 545. The normalized spacial score (nSPS) is 10.6. The van der Waals surface area contributed by atoms with E-state index in [1.165, 1.54) is 7.11 Å². The molecule has 0 aliphatic carbocycles. The van der Waals surface area contributed by atoms with Gasteiger partial charge in [0.15, 0.2) is 0 Å². The number of hydrogen-bond acceptors (Lipinski definition) is 4. The Hall–Kier alpha value is -2.04. The fourth-order valence-corrected chi connectivity index (χ4v) is 1.61. The number of hydrogen-bond donors (Lipinski definition) is 1. The van der Waals surface area contributed by atoms with Crippen molar-refractivity contribution in [3.05, 3.63) is 23.8 Å². The maximum absolute atomic E-state index is 11.2. The molecule has 0 unspecified atom stereocenters. The number of carbonyl (C=O) groups is 1. The van der Waals surface area contributed by atoms with E-state index in [4.69, 9.17) is 5.73 Å². The molecule has 1 heterocycles. The van der Waals surface area contributed by atoms with Gasteiger partial charge in [-0.2, -0.15) is 0 Å². The highest BCUT2D eigenvalue weighted by Crippen LogP contribution is 2.19. The molecule has 2 rings (SSSR count). The van der Waals surface area contributed by atoms with Gasteiger partial charge in [-0.05, 0) is 24.6 Å². The Morgan fingerprint density at radius 3 is 3.00 bits per heavy atom. The summed E-state index contributed by atoms with van der Waals surface area (Å²) in [7, 11) is 1.35. The number of ether oxygens (including phenoxy) is 1. The lowest BCUT2D eigenvalue weighted by atomic mass is 10.2. The zero-order valence-corrected chi connectivity index (χ0v) is 9.23. The van der Waals surface area contributed by atoms with Gasteiger partial charge in [0.25, 0.3) is 0 Å². The number of aromatic nitrogens is 2. The standard InChI is InChI=1S/C11H13N3O2/c1-7-3-4-8-9(5-7)14(11(12)13-8)6-10(15)16-2/h3-5H,6H2,1-2H3,(H2,12,13). The van der Waals surface area contributed by atoms with Crippen LogP contribution in [0.5, 0.6) is 0 Å². The van der Waals surface area contributed by atoms with Crippen LogP contribution in [0.1, 0.15) is 5.56 Å². The summed E-state index contributed by atoms with van der Waals surface area (Å²) in [5, 5.41) is 0. The van der Waals surface area contributed by atoms with Crippen LogP contribution < -0.4 is 5.73 Å². The Morgan fingerprint density at radius 2 is 2.31 bits per heavy atom. The number of methoxy groups -OCH3 is 1. The molecule has 2 N–H and O–H groups in total. The molecule has 1 aromatic carbocycles. The molecule has 5 heteroatoms. The second-order valence-electron chi connectivity index (χ2n) is 3.62. The third kappa shape index (κ3) is 1.71. The number of fused-ring (bicyclic) bond motifs is 1. The smallest absolute Gasteiger partial charge is 0.325 e. The first-order chi connectivity index (χ1) is 7.61. The van der Waals surface area contributed by atoms with Crippen LogP contribution in [0.4, 0.5) is 5.95 Å². The molecule has 16 heavy (non-hydrogen) atoms. The molecule has 5 nitrogen and oxygen atoms in total. The van der Waals surface area contributed by atoms with E-state index in [1.807, 2.05) is 25.1 Å². The highest BCUT2D eigenvalue weighted by molar-refractivity contribution is 5.81. The summed E-state index contributed by atoms with van der Waals surface area (Å²) in [6, 6.07) is 5.79. The highest BCUT2D eigenvalue weighted by Gasteiger charge is 2.11. The monoisotopic (exact) mass is 219 g/mol. The summed E-state index contributed by atoms with van der Waals surface area (Å²) in [6.45, 7) is 2.06. The molecule has 1 aromatic heterocycles. The average molecular weight is 219 g/mol. The summed E-state index contributed by atoms with van der Waals surface area (Å²) < 4.78 is 6.26. The first-order valence-electron chi connectivity index (χ1n) is 4.91. The van der Waals surface area contributed by atoms with E-state index in [1.54, 1.807) is 4.57 Å². The molecule has 0 aliphatic rings. The van der Waals surface area contributed by atoms with Crippen molar-refractivity contribution in [1.82, 2.24) is 9.55 Å². The van der Waals surface area contributed by atoms with Crippen LogP contribution in [-0.4, -0.2) is 22.6 Å². The molecule has 0 radical (unpaired) electrons. The number of aryl methyl sites for hydroxylation is 1. The third-order valence-corrected chi connectivity index (χ3v) is 2.45. The van der Waals surface area contributed by atoms with Crippen LogP contribution in [0.2, 0.25) is 0 Å². The number of nitrogens with two attached hydrogens (primary N) is 1. The average Bonchev–Trinajstić information content (AvgIpc) is 2.55. The number of anilines is 1. The van der Waals surface area contributed by atoms with Gasteiger partial charge in [0.05, 0.1) is 18.1 Å². The number of esters is 1. The molecule has 2 aromatic rings. The van der Waals surface area contributed by atoms with Gasteiger partial charge >= 0.3 is 5.97 Å². The van der Waals surface area contributed by atoms with Crippen molar-refractivity contribution in [2.45, 2.75) is 13.5 Å². The molecule has 0 saturated carbocycles. The SMILES string of the molecule is COC(=O)Cn1c(N)nc2ccc(C)cc21. The minimum absolute atomic E-state index is 0.0856. The van der Waals surface area contributed by atoms with Gasteiger partial charge in [0.2, 0.25) is 5.95 Å². The van der Waals surface area contributed by atoms with Crippen LogP contribution in [0.15, 0.2) is 18.2 Å². The molecule has 0 bridgehead atoms. The topological polar surface area (TPSA) is 70.1 Å². The van der Waals surface area contributed by atoms with Gasteiger partial charge in [-0.25, -0.2) is 4.98 Å². The number of rotatable bonds is 2. The van der Waals surface area contributed by atoms with Crippen molar-refractivity contribution in [2.24, 2.45) is 0 Å². The minimum atomic E-state index is -0.340. The van der Waals surface area contributed by atoms with Gasteiger partial charge < -0.3 is 10.5 Å². The first kappa shape index (κ1) is 10.5. The maximum atomic E-state index is 11.2. The second kappa shape index (κ2) is 3.84.